The number of amides is 2. The third kappa shape index (κ3) is 5.14. The molecule has 0 unspecified atom stereocenters. The molecule has 0 spiro atoms. The van der Waals surface area contributed by atoms with Crippen molar-refractivity contribution in [2.45, 2.75) is 0 Å². The number of rotatable bonds is 6. The van der Waals surface area contributed by atoms with Crippen molar-refractivity contribution in [2.24, 2.45) is 0 Å². The van der Waals surface area contributed by atoms with E-state index in [1.54, 1.807) is 54.6 Å². The Morgan fingerprint density at radius 3 is 2.55 bits per heavy atom. The summed E-state index contributed by atoms with van der Waals surface area (Å²) in [7, 11) is 0. The molecule has 0 saturated carbocycles. The minimum atomic E-state index is -1.07. The number of halogens is 1. The zero-order valence-electron chi connectivity index (χ0n) is 14.6. The Hall–Kier alpha value is -2.88. The summed E-state index contributed by atoms with van der Waals surface area (Å²) in [5.41, 5.74) is 3.38. The number of aliphatic carboxylic acids is 1. The summed E-state index contributed by atoms with van der Waals surface area (Å²) in [6, 6.07) is 13.0. The number of hydrogen-bond donors (Lipinski definition) is 2. The standard InChI is InChI=1S/C19H13ClN2O5S2/c20-14-4-2-1-3-13(14)17(25)21-22-18(26)15(29-19(22)28)9-11-5-7-12(8-6-11)27-10-16(23)24/h1-9H,10H2,(H,21,25)(H,23,24)/b15-9+. The minimum Gasteiger partial charge on any atom is -0.482 e. The van der Waals surface area contributed by atoms with Gasteiger partial charge in [0.2, 0.25) is 0 Å². The number of carboxylic acids is 1. The van der Waals surface area contributed by atoms with Gasteiger partial charge in [0, 0.05) is 0 Å². The molecular formula is C19H13ClN2O5S2. The number of thioether (sulfide) groups is 1. The lowest BCUT2D eigenvalue weighted by molar-refractivity contribution is -0.139. The van der Waals surface area contributed by atoms with E-state index in [0.717, 1.165) is 16.8 Å². The van der Waals surface area contributed by atoms with Crippen molar-refractivity contribution < 1.29 is 24.2 Å². The summed E-state index contributed by atoms with van der Waals surface area (Å²) in [4.78, 5) is 35.9. The fourth-order valence-corrected chi connectivity index (χ4v) is 3.73. The summed E-state index contributed by atoms with van der Waals surface area (Å²) < 4.78 is 5.25. The fraction of sp³-hybridized carbons (Fsp3) is 0.0526. The van der Waals surface area contributed by atoms with Gasteiger partial charge in [0.15, 0.2) is 10.9 Å². The van der Waals surface area contributed by atoms with E-state index in [9.17, 15) is 14.4 Å². The van der Waals surface area contributed by atoms with Crippen LogP contribution in [0.5, 0.6) is 5.75 Å². The third-order valence-electron chi connectivity index (χ3n) is 3.67. The summed E-state index contributed by atoms with van der Waals surface area (Å²) >= 11 is 12.3. The maximum absolute atomic E-state index is 12.6. The Morgan fingerprint density at radius 1 is 1.21 bits per heavy atom. The van der Waals surface area contributed by atoms with E-state index in [0.29, 0.717) is 16.2 Å². The Labute approximate surface area is 180 Å². The molecule has 0 aliphatic carbocycles. The summed E-state index contributed by atoms with van der Waals surface area (Å²) in [6.45, 7) is -0.441. The van der Waals surface area contributed by atoms with E-state index < -0.39 is 24.4 Å². The van der Waals surface area contributed by atoms with Gasteiger partial charge in [-0.25, -0.2) is 4.79 Å². The van der Waals surface area contributed by atoms with Gasteiger partial charge in [0.1, 0.15) is 5.75 Å². The number of thiocarbonyl (C=S) groups is 1. The maximum atomic E-state index is 12.6. The lowest BCUT2D eigenvalue weighted by Gasteiger charge is -2.16. The van der Waals surface area contributed by atoms with Crippen molar-refractivity contribution in [1.82, 2.24) is 10.4 Å². The van der Waals surface area contributed by atoms with Crippen LogP contribution in [0.4, 0.5) is 0 Å². The molecule has 0 bridgehead atoms. The number of ether oxygens (including phenoxy) is 1. The predicted molar refractivity (Wildman–Crippen MR) is 114 cm³/mol. The van der Waals surface area contributed by atoms with Crippen LogP contribution in [0.15, 0.2) is 53.4 Å². The van der Waals surface area contributed by atoms with Crippen molar-refractivity contribution in [3.63, 3.8) is 0 Å². The number of carbonyl (C=O) groups excluding carboxylic acids is 2. The molecule has 1 aliphatic heterocycles. The molecule has 1 fully saturated rings. The van der Waals surface area contributed by atoms with Crippen molar-refractivity contribution in [3.05, 3.63) is 69.6 Å². The van der Waals surface area contributed by atoms with Gasteiger partial charge in [-0.2, -0.15) is 5.01 Å². The summed E-state index contributed by atoms with van der Waals surface area (Å²) in [5, 5.41) is 9.88. The summed E-state index contributed by atoms with van der Waals surface area (Å²) in [6.07, 6.45) is 1.61. The van der Waals surface area contributed by atoms with Gasteiger partial charge in [0.25, 0.3) is 11.8 Å². The largest absolute Gasteiger partial charge is 0.482 e. The van der Waals surface area contributed by atoms with Crippen molar-refractivity contribution >= 4 is 63.8 Å². The zero-order valence-corrected chi connectivity index (χ0v) is 17.0. The second-order valence-electron chi connectivity index (χ2n) is 5.69. The molecule has 2 N–H and O–H groups in total. The van der Waals surface area contributed by atoms with Crippen LogP contribution in [0, 0.1) is 0 Å². The van der Waals surface area contributed by atoms with E-state index in [1.165, 1.54) is 0 Å². The highest BCUT2D eigenvalue weighted by atomic mass is 35.5. The van der Waals surface area contributed by atoms with Gasteiger partial charge in [-0.3, -0.25) is 15.0 Å². The van der Waals surface area contributed by atoms with Crippen LogP contribution in [0.1, 0.15) is 15.9 Å². The normalized spacial score (nSPS) is 14.9. The van der Waals surface area contributed by atoms with Gasteiger partial charge in [-0.05, 0) is 48.1 Å². The lowest BCUT2D eigenvalue weighted by atomic mass is 10.2. The highest BCUT2D eigenvalue weighted by Crippen LogP contribution is 2.32. The molecule has 0 aromatic heterocycles. The van der Waals surface area contributed by atoms with E-state index in [-0.39, 0.29) is 14.9 Å². The Bertz CT molecular complexity index is 1020. The van der Waals surface area contributed by atoms with E-state index in [1.807, 2.05) is 0 Å². The van der Waals surface area contributed by atoms with Crippen molar-refractivity contribution in [1.29, 1.82) is 0 Å². The van der Waals surface area contributed by atoms with Crippen molar-refractivity contribution in [2.75, 3.05) is 6.61 Å². The number of benzene rings is 2. The van der Waals surface area contributed by atoms with E-state index in [2.05, 4.69) is 5.43 Å². The topological polar surface area (TPSA) is 95.9 Å². The molecule has 0 atom stereocenters. The number of nitrogens with one attached hydrogen (secondary N) is 1. The molecular weight excluding hydrogens is 436 g/mol. The molecule has 2 amide bonds. The Balaban J connectivity index is 1.70. The first kappa shape index (κ1) is 20.8. The molecule has 7 nitrogen and oxygen atoms in total. The van der Waals surface area contributed by atoms with Crippen LogP contribution in [-0.4, -0.2) is 38.8 Å². The second kappa shape index (κ2) is 9.08. The van der Waals surface area contributed by atoms with Gasteiger partial charge >= 0.3 is 5.97 Å². The van der Waals surface area contributed by atoms with Crippen LogP contribution >= 0.6 is 35.6 Å². The van der Waals surface area contributed by atoms with Gasteiger partial charge < -0.3 is 9.84 Å². The van der Waals surface area contributed by atoms with Crippen LogP contribution in [0.25, 0.3) is 6.08 Å². The number of hydrazine groups is 1. The first-order chi connectivity index (χ1) is 13.8. The SMILES string of the molecule is O=C(O)COc1ccc(/C=C2/SC(=S)N(NC(=O)c3ccccc3Cl)C2=O)cc1. The summed E-state index contributed by atoms with van der Waals surface area (Å²) in [5.74, 6) is -1.69. The molecule has 10 heteroatoms. The molecule has 29 heavy (non-hydrogen) atoms. The molecule has 2 aromatic rings. The maximum Gasteiger partial charge on any atom is 0.341 e. The van der Waals surface area contributed by atoms with Crippen molar-refractivity contribution in [3.8, 4) is 5.75 Å². The first-order valence-corrected chi connectivity index (χ1v) is 9.73. The van der Waals surface area contributed by atoms with Gasteiger partial charge in [0.05, 0.1) is 15.5 Å². The Kier molecular flexibility index (Phi) is 6.53. The fourth-order valence-electron chi connectivity index (χ4n) is 2.33. The highest BCUT2D eigenvalue weighted by Gasteiger charge is 2.34. The smallest absolute Gasteiger partial charge is 0.341 e. The monoisotopic (exact) mass is 448 g/mol. The van der Waals surface area contributed by atoms with E-state index in [4.69, 9.17) is 33.7 Å². The second-order valence-corrected chi connectivity index (χ2v) is 7.77. The molecule has 148 valence electrons. The van der Waals surface area contributed by atoms with Crippen LogP contribution in [0.2, 0.25) is 5.02 Å². The predicted octanol–water partition coefficient (Wildman–Crippen LogP) is 3.35. The number of nitrogens with zero attached hydrogens (tertiary/aromatic N) is 1. The molecule has 1 aliphatic rings. The average Bonchev–Trinajstić information content (AvgIpc) is 2.95. The number of hydrogen-bond acceptors (Lipinski definition) is 6. The quantitative estimate of drug-likeness (QED) is 0.516. The number of carbonyl (C=O) groups is 3. The van der Waals surface area contributed by atoms with Gasteiger partial charge in [-0.1, -0.05) is 47.6 Å². The average molecular weight is 449 g/mol. The molecule has 0 radical (unpaired) electrons. The lowest BCUT2D eigenvalue weighted by Crippen LogP contribution is -2.44. The minimum absolute atomic E-state index is 0.183. The molecule has 1 saturated heterocycles. The van der Waals surface area contributed by atoms with Gasteiger partial charge in [-0.15, -0.1) is 0 Å². The van der Waals surface area contributed by atoms with Crippen LogP contribution in [0.3, 0.4) is 0 Å². The molecule has 1 heterocycles. The Morgan fingerprint density at radius 2 is 1.90 bits per heavy atom. The first-order valence-electron chi connectivity index (χ1n) is 8.13. The molecule has 3 rings (SSSR count). The van der Waals surface area contributed by atoms with Crippen LogP contribution in [-0.2, 0) is 9.59 Å². The highest BCUT2D eigenvalue weighted by molar-refractivity contribution is 8.26. The number of carboxylic acid groups (broad SMARTS) is 1. The third-order valence-corrected chi connectivity index (χ3v) is 5.30. The van der Waals surface area contributed by atoms with E-state index >= 15 is 0 Å². The zero-order chi connectivity index (χ0) is 21.0. The molecule has 2 aromatic carbocycles. The van der Waals surface area contributed by atoms with Crippen LogP contribution < -0.4 is 10.2 Å².